The van der Waals surface area contributed by atoms with Gasteiger partial charge in [-0.1, -0.05) is 47.5 Å². The largest absolute Gasteiger partial charge is 4.00 e. The van der Waals surface area contributed by atoms with Gasteiger partial charge in [0.05, 0.1) is 13.2 Å². The monoisotopic (exact) mass is 660 g/mol. The molecule has 0 N–H and O–H groups in total. The number of hydrogen-bond donors (Lipinski definition) is 0. The SMILES string of the molecule is O=C(CCOCOc1ccccc1)c1ccc(F)[c-]c1F.O=C(CCOCOc1ccccc1)c1ccc(F)[c-]c1F.[CH3-].[CH3-].[Ti+4]. The number of Topliss-reactive ketones (excluding diaryl/α,β-unsaturated/α-hetero) is 2. The van der Waals surface area contributed by atoms with Crippen LogP contribution in [0.4, 0.5) is 17.6 Å². The third-order valence-corrected chi connectivity index (χ3v) is 5.38. The minimum absolute atomic E-state index is 0. The third-order valence-electron chi connectivity index (χ3n) is 5.38. The summed E-state index contributed by atoms with van der Waals surface area (Å²) in [6, 6.07) is 26.0. The maximum atomic E-state index is 13.3. The Morgan fingerprint density at radius 1 is 0.556 bits per heavy atom. The summed E-state index contributed by atoms with van der Waals surface area (Å²) in [4.78, 5) is 23.4. The molecule has 0 aliphatic carbocycles. The van der Waals surface area contributed by atoms with Gasteiger partial charge in [-0.3, -0.25) is 0 Å². The first kappa shape index (κ1) is 41.2. The van der Waals surface area contributed by atoms with E-state index in [2.05, 4.69) is 0 Å². The predicted octanol–water partition coefficient (Wildman–Crippen LogP) is 7.68. The molecule has 0 radical (unpaired) electrons. The van der Waals surface area contributed by atoms with E-state index >= 15 is 0 Å². The molecule has 0 atom stereocenters. The molecule has 4 aromatic carbocycles. The molecule has 4 rings (SSSR count). The van der Waals surface area contributed by atoms with E-state index in [1.54, 1.807) is 24.3 Å². The smallest absolute Gasteiger partial charge is 0.468 e. The standard InChI is InChI=1S/2C16H13F2O3.2CH3.Ti/c2*17-12-6-7-14(15(18)10-12)16(19)8-9-20-11-21-13-4-2-1-3-5-13;;;/h2*1-7H,8-9,11H2;2*1H3;/q4*-1;+4. The molecule has 0 saturated heterocycles. The van der Waals surface area contributed by atoms with Gasteiger partial charge in [0.1, 0.15) is 23.1 Å². The average molecular weight is 660 g/mol. The molecule has 6 nitrogen and oxygen atoms in total. The summed E-state index contributed by atoms with van der Waals surface area (Å²) in [7, 11) is 0. The Balaban J connectivity index is 0.000000807. The Labute approximate surface area is 276 Å². The zero-order chi connectivity index (χ0) is 30.2. The van der Waals surface area contributed by atoms with Gasteiger partial charge in [-0.05, 0) is 24.3 Å². The van der Waals surface area contributed by atoms with Gasteiger partial charge < -0.3 is 43.4 Å². The second-order valence-corrected chi connectivity index (χ2v) is 8.38. The minimum Gasteiger partial charge on any atom is -0.468 e. The summed E-state index contributed by atoms with van der Waals surface area (Å²) < 4.78 is 72.8. The van der Waals surface area contributed by atoms with Gasteiger partial charge in [0, 0.05) is 36.1 Å². The van der Waals surface area contributed by atoms with E-state index in [4.69, 9.17) is 18.9 Å². The first-order valence-electron chi connectivity index (χ1n) is 12.7. The number of ketones is 2. The molecule has 0 fully saturated rings. The van der Waals surface area contributed by atoms with Crippen LogP contribution in [0.2, 0.25) is 0 Å². The van der Waals surface area contributed by atoms with Crippen LogP contribution in [-0.2, 0) is 31.2 Å². The predicted molar refractivity (Wildman–Crippen MR) is 157 cm³/mol. The number of benzene rings is 4. The van der Waals surface area contributed by atoms with Crippen molar-refractivity contribution in [3.05, 3.63) is 146 Å². The van der Waals surface area contributed by atoms with E-state index < -0.39 is 34.8 Å². The van der Waals surface area contributed by atoms with E-state index in [1.165, 1.54) is 0 Å². The van der Waals surface area contributed by atoms with E-state index in [0.717, 1.165) is 24.3 Å². The summed E-state index contributed by atoms with van der Waals surface area (Å²) in [5.41, 5.74) is -0.382. The third kappa shape index (κ3) is 15.1. The molecule has 45 heavy (non-hydrogen) atoms. The summed E-state index contributed by atoms with van der Waals surface area (Å²) in [5, 5.41) is 0. The quantitative estimate of drug-likeness (QED) is 0.0345. The molecule has 4 aromatic rings. The van der Waals surface area contributed by atoms with E-state index in [-0.39, 0.29) is 87.3 Å². The molecule has 0 amide bonds. The van der Waals surface area contributed by atoms with Gasteiger partial charge in [-0.2, -0.15) is 12.1 Å². The molecule has 0 heterocycles. The Morgan fingerprint density at radius 2 is 0.911 bits per heavy atom. The second kappa shape index (κ2) is 22.6. The maximum Gasteiger partial charge on any atom is 4.00 e. The fraction of sp³-hybridized carbons (Fsp3) is 0.176. The van der Waals surface area contributed by atoms with Crippen molar-refractivity contribution in [2.24, 2.45) is 0 Å². The fourth-order valence-electron chi connectivity index (χ4n) is 3.29. The minimum atomic E-state index is -0.986. The van der Waals surface area contributed by atoms with Crippen LogP contribution in [0.5, 0.6) is 11.5 Å². The van der Waals surface area contributed by atoms with Gasteiger partial charge in [0.25, 0.3) is 0 Å². The van der Waals surface area contributed by atoms with E-state index in [1.807, 2.05) is 48.5 Å². The van der Waals surface area contributed by atoms with Gasteiger partial charge in [-0.15, -0.1) is 24.3 Å². The Hall–Kier alpha value is -3.83. The van der Waals surface area contributed by atoms with Crippen molar-refractivity contribution in [1.29, 1.82) is 0 Å². The molecule has 11 heteroatoms. The van der Waals surface area contributed by atoms with Crippen molar-refractivity contribution >= 4 is 11.6 Å². The number of para-hydroxylation sites is 2. The number of rotatable bonds is 14. The summed E-state index contributed by atoms with van der Waals surface area (Å²) in [5.74, 6) is -3.27. The number of hydrogen-bond acceptors (Lipinski definition) is 6. The van der Waals surface area contributed by atoms with Crippen molar-refractivity contribution in [2.45, 2.75) is 12.8 Å². The van der Waals surface area contributed by atoms with Crippen molar-refractivity contribution < 1.29 is 67.8 Å². The van der Waals surface area contributed by atoms with Crippen molar-refractivity contribution in [3.63, 3.8) is 0 Å². The summed E-state index contributed by atoms with van der Waals surface area (Å²) >= 11 is 0. The van der Waals surface area contributed by atoms with Crippen LogP contribution in [0.1, 0.15) is 33.6 Å². The van der Waals surface area contributed by atoms with E-state index in [0.29, 0.717) is 11.5 Å². The summed E-state index contributed by atoms with van der Waals surface area (Å²) in [6.45, 7) is 0.162. The molecular weight excluding hydrogens is 628 g/mol. The fourth-order valence-corrected chi connectivity index (χ4v) is 3.29. The molecule has 0 spiro atoms. The maximum absolute atomic E-state index is 13.3. The molecule has 0 aromatic heterocycles. The van der Waals surface area contributed by atoms with Crippen LogP contribution >= 0.6 is 0 Å². The van der Waals surface area contributed by atoms with E-state index in [9.17, 15) is 27.2 Å². The number of ether oxygens (including phenoxy) is 4. The van der Waals surface area contributed by atoms with Crippen molar-refractivity contribution in [2.75, 3.05) is 26.8 Å². The van der Waals surface area contributed by atoms with Crippen LogP contribution in [-0.4, -0.2) is 38.4 Å². The van der Waals surface area contributed by atoms with Crippen LogP contribution in [0, 0.1) is 50.3 Å². The van der Waals surface area contributed by atoms with Gasteiger partial charge >= 0.3 is 21.7 Å². The first-order chi connectivity index (χ1) is 20.3. The van der Waals surface area contributed by atoms with Crippen LogP contribution in [0.3, 0.4) is 0 Å². The molecule has 0 bridgehead atoms. The Kier molecular flexibility index (Phi) is 20.7. The number of carbonyl (C=O) groups excluding carboxylic acids is 2. The Morgan fingerprint density at radius 3 is 1.24 bits per heavy atom. The van der Waals surface area contributed by atoms with Crippen LogP contribution in [0.25, 0.3) is 0 Å². The zero-order valence-electron chi connectivity index (χ0n) is 24.8. The zero-order valence-corrected chi connectivity index (χ0v) is 26.3. The number of halogens is 4. The first-order valence-corrected chi connectivity index (χ1v) is 12.7. The molecule has 0 aliphatic rings. The van der Waals surface area contributed by atoms with Crippen molar-refractivity contribution in [3.8, 4) is 11.5 Å². The number of carbonyl (C=O) groups is 2. The molecule has 0 unspecified atom stereocenters. The van der Waals surface area contributed by atoms with Crippen molar-refractivity contribution in [1.82, 2.24) is 0 Å². The topological polar surface area (TPSA) is 71.1 Å². The average Bonchev–Trinajstić information content (AvgIpc) is 2.98. The molecule has 236 valence electrons. The van der Waals surface area contributed by atoms with Crippen LogP contribution < -0.4 is 9.47 Å². The molecule has 0 saturated carbocycles. The normalized spacial score (nSPS) is 9.69. The molecular formula is C34H32F4O6Ti. The van der Waals surface area contributed by atoms with Gasteiger partial charge in [0.15, 0.2) is 13.6 Å². The van der Waals surface area contributed by atoms with Crippen LogP contribution in [0.15, 0.2) is 84.9 Å². The Bertz CT molecular complexity index is 1320. The molecule has 0 aliphatic heterocycles. The van der Waals surface area contributed by atoms with Gasteiger partial charge in [0.2, 0.25) is 0 Å². The van der Waals surface area contributed by atoms with Gasteiger partial charge in [-0.25, -0.2) is 17.6 Å². The summed E-state index contributed by atoms with van der Waals surface area (Å²) in [6.07, 6.45) is -0.0386. The second-order valence-electron chi connectivity index (χ2n) is 8.38.